The molecular formula is C16H18N2O2S. The molecule has 1 aliphatic rings. The normalized spacial score (nSPS) is 15.8. The van der Waals surface area contributed by atoms with Crippen LogP contribution in [0.1, 0.15) is 24.1 Å². The van der Waals surface area contributed by atoms with E-state index in [-0.39, 0.29) is 6.04 Å². The van der Waals surface area contributed by atoms with Gasteiger partial charge in [0.15, 0.2) is 0 Å². The molecule has 0 amide bonds. The minimum Gasteiger partial charge on any atom is -0.257 e. The number of nitrogens with one attached hydrogen (secondary N) is 1. The first-order valence-corrected chi connectivity index (χ1v) is 8.45. The van der Waals surface area contributed by atoms with E-state index in [1.165, 1.54) is 4.31 Å². The van der Waals surface area contributed by atoms with E-state index in [1.54, 1.807) is 0 Å². The molecule has 1 atom stereocenters. The number of benzene rings is 2. The van der Waals surface area contributed by atoms with Gasteiger partial charge >= 0.3 is 10.2 Å². The van der Waals surface area contributed by atoms with Crippen LogP contribution in [0, 0.1) is 0 Å². The van der Waals surface area contributed by atoms with Crippen molar-refractivity contribution in [2.45, 2.75) is 19.4 Å². The highest BCUT2D eigenvalue weighted by Crippen LogP contribution is 2.30. The maximum atomic E-state index is 12.6. The highest BCUT2D eigenvalue weighted by atomic mass is 32.2. The fraction of sp³-hybridized carbons (Fsp3) is 0.250. The summed E-state index contributed by atoms with van der Waals surface area (Å²) in [5.41, 5.74) is 2.81. The fourth-order valence-corrected chi connectivity index (χ4v) is 4.13. The first-order chi connectivity index (χ1) is 10.1. The monoisotopic (exact) mass is 302 g/mol. The van der Waals surface area contributed by atoms with Gasteiger partial charge < -0.3 is 0 Å². The Balaban J connectivity index is 1.83. The molecule has 1 heterocycles. The van der Waals surface area contributed by atoms with Crippen molar-refractivity contribution in [1.29, 1.82) is 0 Å². The molecule has 2 aromatic rings. The van der Waals surface area contributed by atoms with E-state index in [1.807, 2.05) is 61.5 Å². The SMILES string of the molecule is CC(NS(=O)(=O)N1CCc2ccccc21)c1ccccc1. The second kappa shape index (κ2) is 5.50. The van der Waals surface area contributed by atoms with Gasteiger partial charge in [0.2, 0.25) is 0 Å². The molecule has 0 aromatic heterocycles. The van der Waals surface area contributed by atoms with Crippen molar-refractivity contribution in [2.24, 2.45) is 0 Å². The molecule has 0 aliphatic carbocycles. The zero-order valence-electron chi connectivity index (χ0n) is 11.9. The molecular weight excluding hydrogens is 284 g/mol. The predicted octanol–water partition coefficient (Wildman–Crippen LogP) is 2.64. The van der Waals surface area contributed by atoms with Crippen molar-refractivity contribution in [3.05, 3.63) is 65.7 Å². The van der Waals surface area contributed by atoms with Gasteiger partial charge in [-0.2, -0.15) is 13.1 Å². The molecule has 110 valence electrons. The van der Waals surface area contributed by atoms with Crippen LogP contribution in [-0.4, -0.2) is 15.0 Å². The Bertz CT molecular complexity index is 729. The third-order valence-electron chi connectivity index (χ3n) is 3.76. The Morgan fingerprint density at radius 3 is 2.48 bits per heavy atom. The third kappa shape index (κ3) is 2.80. The molecule has 1 aliphatic heterocycles. The van der Waals surface area contributed by atoms with Gasteiger partial charge in [-0.1, -0.05) is 48.5 Å². The van der Waals surface area contributed by atoms with Crippen LogP contribution in [0.4, 0.5) is 5.69 Å². The van der Waals surface area contributed by atoms with Crippen LogP contribution in [-0.2, 0) is 16.6 Å². The van der Waals surface area contributed by atoms with Crippen LogP contribution in [0.2, 0.25) is 0 Å². The fourth-order valence-electron chi connectivity index (χ4n) is 2.65. The van der Waals surface area contributed by atoms with Gasteiger partial charge in [0.25, 0.3) is 0 Å². The molecule has 4 nitrogen and oxygen atoms in total. The number of hydrogen-bond donors (Lipinski definition) is 1. The largest absolute Gasteiger partial charge is 0.302 e. The molecule has 5 heteroatoms. The second-order valence-corrected chi connectivity index (χ2v) is 6.83. The Kier molecular flexibility index (Phi) is 3.69. The lowest BCUT2D eigenvalue weighted by Crippen LogP contribution is -2.40. The number of para-hydroxylation sites is 1. The van der Waals surface area contributed by atoms with E-state index >= 15 is 0 Å². The number of nitrogens with zero attached hydrogens (tertiary/aromatic N) is 1. The van der Waals surface area contributed by atoms with Crippen LogP contribution in [0.5, 0.6) is 0 Å². The molecule has 2 aromatic carbocycles. The summed E-state index contributed by atoms with van der Waals surface area (Å²) in [6.07, 6.45) is 0.761. The molecule has 0 saturated heterocycles. The van der Waals surface area contributed by atoms with Crippen molar-refractivity contribution in [2.75, 3.05) is 10.8 Å². The average molecular weight is 302 g/mol. The standard InChI is InChI=1S/C16H18N2O2S/c1-13(14-7-3-2-4-8-14)17-21(19,20)18-12-11-15-9-5-6-10-16(15)18/h2-10,13,17H,11-12H2,1H3. The van der Waals surface area contributed by atoms with Crippen LogP contribution < -0.4 is 9.03 Å². The third-order valence-corrected chi connectivity index (χ3v) is 5.37. The van der Waals surface area contributed by atoms with Gasteiger partial charge in [-0.15, -0.1) is 0 Å². The smallest absolute Gasteiger partial charge is 0.257 e. The van der Waals surface area contributed by atoms with Crippen molar-refractivity contribution in [3.8, 4) is 0 Å². The molecule has 0 radical (unpaired) electrons. The number of fused-ring (bicyclic) bond motifs is 1. The summed E-state index contributed by atoms with van der Waals surface area (Å²) in [7, 11) is -3.54. The van der Waals surface area contributed by atoms with E-state index in [4.69, 9.17) is 0 Å². The summed E-state index contributed by atoms with van der Waals surface area (Å²) in [6, 6.07) is 17.0. The van der Waals surface area contributed by atoms with Crippen LogP contribution in [0.3, 0.4) is 0 Å². The van der Waals surface area contributed by atoms with E-state index in [9.17, 15) is 8.42 Å². The minimum absolute atomic E-state index is 0.260. The summed E-state index contributed by atoms with van der Waals surface area (Å²) in [4.78, 5) is 0. The van der Waals surface area contributed by atoms with Crippen molar-refractivity contribution < 1.29 is 8.42 Å². The van der Waals surface area contributed by atoms with E-state index < -0.39 is 10.2 Å². The van der Waals surface area contributed by atoms with Gasteiger partial charge in [0.1, 0.15) is 0 Å². The summed E-state index contributed by atoms with van der Waals surface area (Å²) in [5, 5.41) is 0. The Hall–Kier alpha value is -1.85. The summed E-state index contributed by atoms with van der Waals surface area (Å²) in [6.45, 7) is 2.35. The quantitative estimate of drug-likeness (QED) is 0.944. The lowest BCUT2D eigenvalue weighted by molar-refractivity contribution is 0.563. The van der Waals surface area contributed by atoms with Gasteiger partial charge in [-0.3, -0.25) is 4.31 Å². The summed E-state index contributed by atoms with van der Waals surface area (Å²) < 4.78 is 29.4. The van der Waals surface area contributed by atoms with Crippen molar-refractivity contribution in [3.63, 3.8) is 0 Å². The molecule has 1 N–H and O–H groups in total. The van der Waals surface area contributed by atoms with Crippen molar-refractivity contribution in [1.82, 2.24) is 4.72 Å². The molecule has 1 unspecified atom stereocenters. The van der Waals surface area contributed by atoms with E-state index in [0.717, 1.165) is 23.2 Å². The Morgan fingerprint density at radius 2 is 1.71 bits per heavy atom. The molecule has 0 saturated carbocycles. The van der Waals surface area contributed by atoms with E-state index in [0.29, 0.717) is 6.54 Å². The first kappa shape index (κ1) is 14.1. The lowest BCUT2D eigenvalue weighted by atomic mass is 10.1. The Morgan fingerprint density at radius 1 is 1.05 bits per heavy atom. The van der Waals surface area contributed by atoms with Crippen LogP contribution in [0.25, 0.3) is 0 Å². The molecule has 0 bridgehead atoms. The van der Waals surface area contributed by atoms with Gasteiger partial charge in [0.05, 0.1) is 5.69 Å². The lowest BCUT2D eigenvalue weighted by Gasteiger charge is -2.23. The minimum atomic E-state index is -3.54. The van der Waals surface area contributed by atoms with Gasteiger partial charge in [-0.25, -0.2) is 0 Å². The Labute approximate surface area is 125 Å². The maximum absolute atomic E-state index is 12.6. The molecule has 3 rings (SSSR count). The zero-order valence-corrected chi connectivity index (χ0v) is 12.7. The van der Waals surface area contributed by atoms with Crippen LogP contribution in [0.15, 0.2) is 54.6 Å². The van der Waals surface area contributed by atoms with Crippen molar-refractivity contribution >= 4 is 15.9 Å². The van der Waals surface area contributed by atoms with Gasteiger partial charge in [0, 0.05) is 12.6 Å². The maximum Gasteiger partial charge on any atom is 0.302 e. The summed E-state index contributed by atoms with van der Waals surface area (Å²) >= 11 is 0. The number of rotatable bonds is 4. The highest BCUT2D eigenvalue weighted by Gasteiger charge is 2.30. The molecule has 21 heavy (non-hydrogen) atoms. The first-order valence-electron chi connectivity index (χ1n) is 7.01. The summed E-state index contributed by atoms with van der Waals surface area (Å²) in [5.74, 6) is 0. The van der Waals surface area contributed by atoms with Gasteiger partial charge in [-0.05, 0) is 30.5 Å². The number of hydrogen-bond acceptors (Lipinski definition) is 2. The van der Waals surface area contributed by atoms with Crippen LogP contribution >= 0.6 is 0 Å². The highest BCUT2D eigenvalue weighted by molar-refractivity contribution is 7.90. The predicted molar refractivity (Wildman–Crippen MR) is 84.4 cm³/mol. The second-order valence-electron chi connectivity index (χ2n) is 5.21. The molecule has 0 fully saturated rings. The average Bonchev–Trinajstić information content (AvgIpc) is 2.92. The molecule has 0 spiro atoms. The zero-order chi connectivity index (χ0) is 14.9. The number of anilines is 1. The topological polar surface area (TPSA) is 49.4 Å². The van der Waals surface area contributed by atoms with E-state index in [2.05, 4.69) is 4.72 Å².